The zero-order chi connectivity index (χ0) is 18.1. The van der Waals surface area contributed by atoms with E-state index in [1.807, 2.05) is 19.9 Å². The van der Waals surface area contributed by atoms with E-state index in [0.717, 1.165) is 43.3 Å². The molecule has 26 heavy (non-hydrogen) atoms. The Morgan fingerprint density at radius 2 is 1.88 bits per heavy atom. The van der Waals surface area contributed by atoms with Crippen LogP contribution in [0.3, 0.4) is 0 Å². The van der Waals surface area contributed by atoms with Crippen LogP contribution >= 0.6 is 0 Å². The van der Waals surface area contributed by atoms with Crippen LogP contribution in [0.5, 0.6) is 0 Å². The number of hydrogen-bond donors (Lipinski definition) is 1. The lowest BCUT2D eigenvalue weighted by Crippen LogP contribution is -2.46. The molecule has 3 aromatic heterocycles. The van der Waals surface area contributed by atoms with E-state index < -0.39 is 0 Å². The van der Waals surface area contributed by atoms with Gasteiger partial charge in [-0.2, -0.15) is 0 Å². The molecular weight excluding hydrogens is 330 g/mol. The molecule has 4 heterocycles. The van der Waals surface area contributed by atoms with Crippen molar-refractivity contribution in [2.75, 3.05) is 31.1 Å². The fourth-order valence-electron chi connectivity index (χ4n) is 3.22. The van der Waals surface area contributed by atoms with Crippen molar-refractivity contribution < 1.29 is 0 Å². The van der Waals surface area contributed by atoms with Crippen LogP contribution in [0.2, 0.25) is 0 Å². The average Bonchev–Trinajstić information content (AvgIpc) is 2.66. The first-order valence-electron chi connectivity index (χ1n) is 8.73. The van der Waals surface area contributed by atoms with Gasteiger partial charge in [-0.3, -0.25) is 24.3 Å². The molecule has 3 aromatic rings. The molecule has 1 aliphatic rings. The molecule has 0 amide bonds. The monoisotopic (exact) mass is 351 g/mol. The van der Waals surface area contributed by atoms with E-state index >= 15 is 0 Å². The van der Waals surface area contributed by atoms with Crippen LogP contribution in [0.4, 0.5) is 5.69 Å². The van der Waals surface area contributed by atoms with E-state index in [9.17, 15) is 4.79 Å². The van der Waals surface area contributed by atoms with Crippen LogP contribution in [0.15, 0.2) is 29.5 Å². The average molecular weight is 351 g/mol. The Balaban J connectivity index is 1.90. The summed E-state index contributed by atoms with van der Waals surface area (Å²) < 4.78 is 1.67. The molecule has 0 bridgehead atoms. The standard InChI is InChI=1S/C18H21N7O/c1-12-10-22-14-9-16(24-7-5-19-6-8-24)18(26)25(17(14)23-12)11-15-13(2)20-3-4-21-15/h3-4,9-10,19H,5-8,11H2,1-2H3. The molecule has 0 unspecified atom stereocenters. The van der Waals surface area contributed by atoms with Crippen molar-refractivity contribution >= 4 is 16.9 Å². The summed E-state index contributed by atoms with van der Waals surface area (Å²) >= 11 is 0. The predicted octanol–water partition coefficient (Wildman–Crippen LogP) is 0.656. The fraction of sp³-hybridized carbons (Fsp3) is 0.389. The van der Waals surface area contributed by atoms with Gasteiger partial charge in [0.25, 0.3) is 5.56 Å². The zero-order valence-corrected chi connectivity index (χ0v) is 14.9. The Labute approximate surface area is 150 Å². The maximum absolute atomic E-state index is 13.3. The van der Waals surface area contributed by atoms with Gasteiger partial charge in [0.15, 0.2) is 5.65 Å². The molecule has 1 saturated heterocycles. The highest BCUT2D eigenvalue weighted by Gasteiger charge is 2.19. The first-order chi connectivity index (χ1) is 12.6. The van der Waals surface area contributed by atoms with Crippen molar-refractivity contribution in [2.24, 2.45) is 0 Å². The summed E-state index contributed by atoms with van der Waals surface area (Å²) in [6, 6.07) is 1.86. The highest BCUT2D eigenvalue weighted by Crippen LogP contribution is 2.17. The number of rotatable bonds is 3. The molecule has 0 aromatic carbocycles. The van der Waals surface area contributed by atoms with Crippen molar-refractivity contribution in [3.8, 4) is 0 Å². The van der Waals surface area contributed by atoms with Crippen molar-refractivity contribution in [2.45, 2.75) is 20.4 Å². The highest BCUT2D eigenvalue weighted by atomic mass is 16.1. The number of nitrogens with zero attached hydrogens (tertiary/aromatic N) is 6. The Morgan fingerprint density at radius 1 is 1.12 bits per heavy atom. The molecule has 8 nitrogen and oxygen atoms in total. The Morgan fingerprint density at radius 3 is 2.65 bits per heavy atom. The van der Waals surface area contributed by atoms with Gasteiger partial charge >= 0.3 is 0 Å². The minimum atomic E-state index is -0.0654. The summed E-state index contributed by atoms with van der Waals surface area (Å²) in [7, 11) is 0. The number of piperazine rings is 1. The molecule has 1 fully saturated rings. The second-order valence-corrected chi connectivity index (χ2v) is 6.47. The van der Waals surface area contributed by atoms with Crippen LogP contribution in [-0.4, -0.2) is 50.7 Å². The molecule has 0 aliphatic carbocycles. The number of anilines is 1. The van der Waals surface area contributed by atoms with E-state index in [2.05, 4.69) is 30.2 Å². The van der Waals surface area contributed by atoms with Crippen LogP contribution in [0.25, 0.3) is 11.2 Å². The third-order valence-electron chi connectivity index (χ3n) is 4.64. The first kappa shape index (κ1) is 16.6. The van der Waals surface area contributed by atoms with Gasteiger partial charge in [-0.15, -0.1) is 0 Å². The van der Waals surface area contributed by atoms with Crippen LogP contribution in [0, 0.1) is 13.8 Å². The van der Waals surface area contributed by atoms with Crippen molar-refractivity contribution in [1.82, 2.24) is 29.8 Å². The number of fused-ring (bicyclic) bond motifs is 1. The molecule has 0 radical (unpaired) electrons. The summed E-state index contributed by atoms with van der Waals surface area (Å²) in [6.45, 7) is 7.41. The lowest BCUT2D eigenvalue weighted by atomic mass is 10.2. The van der Waals surface area contributed by atoms with Gasteiger partial charge in [0.1, 0.15) is 11.2 Å². The summed E-state index contributed by atoms with van der Waals surface area (Å²) in [6.07, 6.45) is 5.03. The summed E-state index contributed by atoms with van der Waals surface area (Å²) in [5.41, 5.74) is 4.24. The Bertz CT molecular complexity index is 1010. The number of pyridine rings is 1. The maximum atomic E-state index is 13.3. The largest absolute Gasteiger partial charge is 0.364 e. The third-order valence-corrected chi connectivity index (χ3v) is 4.64. The predicted molar refractivity (Wildman–Crippen MR) is 99.5 cm³/mol. The lowest BCUT2D eigenvalue weighted by molar-refractivity contribution is 0.585. The van der Waals surface area contributed by atoms with Crippen molar-refractivity contribution in [1.29, 1.82) is 0 Å². The van der Waals surface area contributed by atoms with Crippen LogP contribution in [0.1, 0.15) is 17.1 Å². The second kappa shape index (κ2) is 6.80. The van der Waals surface area contributed by atoms with Crippen molar-refractivity contribution in [3.63, 3.8) is 0 Å². The van der Waals surface area contributed by atoms with E-state index in [1.165, 1.54) is 0 Å². The molecule has 4 rings (SSSR count). The minimum Gasteiger partial charge on any atom is -0.364 e. The van der Waals surface area contributed by atoms with E-state index in [4.69, 9.17) is 0 Å². The number of aromatic nitrogens is 5. The highest BCUT2D eigenvalue weighted by molar-refractivity contribution is 5.75. The third kappa shape index (κ3) is 3.03. The van der Waals surface area contributed by atoms with Crippen LogP contribution in [-0.2, 0) is 6.54 Å². The molecule has 0 atom stereocenters. The van der Waals surface area contributed by atoms with E-state index in [1.54, 1.807) is 23.2 Å². The smallest absolute Gasteiger partial charge is 0.276 e. The molecule has 1 aliphatic heterocycles. The number of hydrogen-bond acceptors (Lipinski definition) is 7. The number of aryl methyl sites for hydroxylation is 2. The zero-order valence-electron chi connectivity index (χ0n) is 14.9. The number of nitrogens with one attached hydrogen (secondary N) is 1. The van der Waals surface area contributed by atoms with Gasteiger partial charge in [-0.25, -0.2) is 4.98 Å². The summed E-state index contributed by atoms with van der Waals surface area (Å²) in [5, 5.41) is 3.31. The second-order valence-electron chi connectivity index (χ2n) is 6.47. The molecule has 8 heteroatoms. The molecule has 134 valence electrons. The Hall–Kier alpha value is -2.87. The van der Waals surface area contributed by atoms with Gasteiger partial charge in [-0.05, 0) is 19.9 Å². The summed E-state index contributed by atoms with van der Waals surface area (Å²) in [4.78, 5) is 33.2. The SMILES string of the molecule is Cc1cnc2cc(N3CCNCC3)c(=O)n(Cc3nccnc3C)c2n1. The van der Waals surface area contributed by atoms with E-state index in [-0.39, 0.29) is 5.56 Å². The fourth-order valence-corrected chi connectivity index (χ4v) is 3.22. The van der Waals surface area contributed by atoms with E-state index in [0.29, 0.717) is 23.4 Å². The van der Waals surface area contributed by atoms with Gasteiger partial charge in [0, 0.05) is 44.8 Å². The van der Waals surface area contributed by atoms with Gasteiger partial charge in [0.05, 0.1) is 23.6 Å². The summed E-state index contributed by atoms with van der Waals surface area (Å²) in [5.74, 6) is 0. The topological polar surface area (TPSA) is 88.8 Å². The van der Waals surface area contributed by atoms with Crippen LogP contribution < -0.4 is 15.8 Å². The first-order valence-corrected chi connectivity index (χ1v) is 8.73. The molecular formula is C18H21N7O. The van der Waals surface area contributed by atoms with Gasteiger partial charge in [-0.1, -0.05) is 0 Å². The Kier molecular flexibility index (Phi) is 4.34. The molecule has 0 saturated carbocycles. The maximum Gasteiger partial charge on any atom is 0.276 e. The molecule has 1 N–H and O–H groups in total. The van der Waals surface area contributed by atoms with Crippen molar-refractivity contribution in [3.05, 3.63) is 52.1 Å². The molecule has 0 spiro atoms. The quantitative estimate of drug-likeness (QED) is 0.741. The van der Waals surface area contributed by atoms with Gasteiger partial charge < -0.3 is 10.2 Å². The lowest BCUT2D eigenvalue weighted by Gasteiger charge is -2.29. The normalized spacial score (nSPS) is 14.8. The minimum absolute atomic E-state index is 0.0654. The van der Waals surface area contributed by atoms with Gasteiger partial charge in [0.2, 0.25) is 0 Å².